The molecule has 1 nitrogen and oxygen atoms in total. The Balaban J connectivity index is 1.71. The second-order valence-corrected chi connectivity index (χ2v) is 6.03. The smallest absolute Gasteiger partial charge is 0.120 e. The standard InChI is InChI=1S/C13H15IO/c14-11-2-1-3-12(8-11)15-13-7-9-4-5-10(13)6-9/h1-3,8-10,13H,4-7H2. The molecule has 0 aliphatic heterocycles. The molecule has 2 aliphatic carbocycles. The van der Waals surface area contributed by atoms with Gasteiger partial charge < -0.3 is 4.74 Å². The van der Waals surface area contributed by atoms with Crippen LogP contribution in [0.2, 0.25) is 0 Å². The maximum absolute atomic E-state index is 6.09. The summed E-state index contributed by atoms with van der Waals surface area (Å²) < 4.78 is 7.34. The van der Waals surface area contributed by atoms with E-state index in [0.29, 0.717) is 6.10 Å². The molecule has 0 amide bonds. The van der Waals surface area contributed by atoms with E-state index in [1.54, 1.807) is 0 Å². The highest BCUT2D eigenvalue weighted by Gasteiger charge is 2.40. The first-order chi connectivity index (χ1) is 7.31. The summed E-state index contributed by atoms with van der Waals surface area (Å²) in [4.78, 5) is 0. The van der Waals surface area contributed by atoms with Crippen LogP contribution in [0, 0.1) is 15.4 Å². The minimum Gasteiger partial charge on any atom is -0.490 e. The Bertz CT molecular complexity index is 363. The van der Waals surface area contributed by atoms with Crippen LogP contribution in [0.5, 0.6) is 5.75 Å². The second kappa shape index (κ2) is 3.96. The predicted molar refractivity (Wildman–Crippen MR) is 69.0 cm³/mol. The molecule has 0 spiro atoms. The van der Waals surface area contributed by atoms with Crippen LogP contribution >= 0.6 is 22.6 Å². The molecular weight excluding hydrogens is 299 g/mol. The molecule has 2 heteroatoms. The van der Waals surface area contributed by atoms with Gasteiger partial charge in [-0.1, -0.05) is 6.07 Å². The lowest BCUT2D eigenvalue weighted by molar-refractivity contribution is 0.138. The lowest BCUT2D eigenvalue weighted by atomic mass is 9.98. The Labute approximate surface area is 104 Å². The molecule has 3 rings (SSSR count). The molecular formula is C13H15IO. The normalized spacial score (nSPS) is 33.3. The van der Waals surface area contributed by atoms with Gasteiger partial charge in [-0.15, -0.1) is 0 Å². The molecule has 1 aromatic carbocycles. The van der Waals surface area contributed by atoms with E-state index in [-0.39, 0.29) is 0 Å². The van der Waals surface area contributed by atoms with Crippen molar-refractivity contribution in [3.63, 3.8) is 0 Å². The molecule has 3 unspecified atom stereocenters. The molecule has 2 fully saturated rings. The van der Waals surface area contributed by atoms with Gasteiger partial charge in [0.05, 0.1) is 0 Å². The van der Waals surface area contributed by atoms with E-state index in [1.807, 2.05) is 0 Å². The van der Waals surface area contributed by atoms with Gasteiger partial charge in [0.1, 0.15) is 11.9 Å². The van der Waals surface area contributed by atoms with Gasteiger partial charge >= 0.3 is 0 Å². The van der Waals surface area contributed by atoms with Crippen molar-refractivity contribution in [2.45, 2.75) is 31.8 Å². The fraction of sp³-hybridized carbons (Fsp3) is 0.538. The fourth-order valence-corrected chi connectivity index (χ4v) is 3.56. The second-order valence-electron chi connectivity index (χ2n) is 4.79. The predicted octanol–water partition coefficient (Wildman–Crippen LogP) is 3.86. The van der Waals surface area contributed by atoms with E-state index in [1.165, 1.54) is 29.3 Å². The van der Waals surface area contributed by atoms with E-state index >= 15 is 0 Å². The van der Waals surface area contributed by atoms with Crippen LogP contribution in [0.25, 0.3) is 0 Å². The Morgan fingerprint density at radius 2 is 2.13 bits per heavy atom. The van der Waals surface area contributed by atoms with E-state index in [0.717, 1.165) is 17.6 Å². The van der Waals surface area contributed by atoms with Crippen molar-refractivity contribution >= 4 is 22.6 Å². The number of benzene rings is 1. The van der Waals surface area contributed by atoms with Crippen molar-refractivity contribution in [1.29, 1.82) is 0 Å². The Hall–Kier alpha value is -0.250. The summed E-state index contributed by atoms with van der Waals surface area (Å²) in [5, 5.41) is 0. The van der Waals surface area contributed by atoms with E-state index in [4.69, 9.17) is 4.74 Å². The van der Waals surface area contributed by atoms with Crippen LogP contribution in [0.1, 0.15) is 25.7 Å². The Kier molecular flexibility index (Phi) is 2.63. The highest BCUT2D eigenvalue weighted by molar-refractivity contribution is 14.1. The molecule has 80 valence electrons. The third-order valence-electron chi connectivity index (χ3n) is 3.76. The number of halogens is 1. The molecule has 0 saturated heterocycles. The zero-order valence-corrected chi connectivity index (χ0v) is 10.8. The lowest BCUT2D eigenvalue weighted by Gasteiger charge is -2.23. The van der Waals surface area contributed by atoms with Crippen LogP contribution in [0.15, 0.2) is 24.3 Å². The minimum atomic E-state index is 0.502. The van der Waals surface area contributed by atoms with Crippen molar-refractivity contribution in [1.82, 2.24) is 0 Å². The average molecular weight is 314 g/mol. The number of fused-ring (bicyclic) bond motifs is 2. The van der Waals surface area contributed by atoms with Crippen LogP contribution in [0.4, 0.5) is 0 Å². The molecule has 0 radical (unpaired) electrons. The van der Waals surface area contributed by atoms with Gasteiger partial charge in [-0.05, 0) is 78.3 Å². The van der Waals surface area contributed by atoms with Crippen molar-refractivity contribution in [3.05, 3.63) is 27.8 Å². The summed E-state index contributed by atoms with van der Waals surface area (Å²) in [6.07, 6.45) is 6.03. The number of rotatable bonds is 2. The highest BCUT2D eigenvalue weighted by Crippen LogP contribution is 2.45. The summed E-state index contributed by atoms with van der Waals surface area (Å²) in [5.41, 5.74) is 0. The zero-order chi connectivity index (χ0) is 10.3. The zero-order valence-electron chi connectivity index (χ0n) is 8.66. The van der Waals surface area contributed by atoms with Gasteiger partial charge in [0.2, 0.25) is 0 Å². The summed E-state index contributed by atoms with van der Waals surface area (Å²) in [7, 11) is 0. The molecule has 0 N–H and O–H groups in total. The molecule has 3 atom stereocenters. The van der Waals surface area contributed by atoms with Crippen LogP contribution in [-0.2, 0) is 0 Å². The fourth-order valence-electron chi connectivity index (χ4n) is 3.05. The van der Waals surface area contributed by atoms with Crippen molar-refractivity contribution < 1.29 is 4.74 Å². The first kappa shape index (κ1) is 9.94. The third kappa shape index (κ3) is 2.01. The van der Waals surface area contributed by atoms with Gasteiger partial charge in [0.25, 0.3) is 0 Å². The van der Waals surface area contributed by atoms with Crippen LogP contribution in [0.3, 0.4) is 0 Å². The van der Waals surface area contributed by atoms with Crippen LogP contribution < -0.4 is 4.74 Å². The van der Waals surface area contributed by atoms with Crippen molar-refractivity contribution in [2.75, 3.05) is 0 Å². The molecule has 15 heavy (non-hydrogen) atoms. The monoisotopic (exact) mass is 314 g/mol. The SMILES string of the molecule is Ic1cccc(OC2CC3CCC2C3)c1. The first-order valence-electron chi connectivity index (χ1n) is 5.73. The highest BCUT2D eigenvalue weighted by atomic mass is 127. The average Bonchev–Trinajstić information content (AvgIpc) is 2.79. The van der Waals surface area contributed by atoms with Crippen molar-refractivity contribution in [2.24, 2.45) is 11.8 Å². The summed E-state index contributed by atoms with van der Waals surface area (Å²) in [6, 6.07) is 8.39. The summed E-state index contributed by atoms with van der Waals surface area (Å²) in [5.74, 6) is 2.86. The van der Waals surface area contributed by atoms with Crippen LogP contribution in [-0.4, -0.2) is 6.10 Å². The number of hydrogen-bond donors (Lipinski definition) is 0. The molecule has 0 aromatic heterocycles. The molecule has 2 saturated carbocycles. The van der Waals surface area contributed by atoms with E-state index in [9.17, 15) is 0 Å². The maximum atomic E-state index is 6.09. The largest absolute Gasteiger partial charge is 0.490 e. The van der Waals surface area contributed by atoms with Gasteiger partial charge in [0.15, 0.2) is 0 Å². The van der Waals surface area contributed by atoms with Gasteiger partial charge in [-0.25, -0.2) is 0 Å². The third-order valence-corrected chi connectivity index (χ3v) is 4.43. The summed E-state index contributed by atoms with van der Waals surface area (Å²) in [6.45, 7) is 0. The topological polar surface area (TPSA) is 9.23 Å². The molecule has 2 aliphatic rings. The number of ether oxygens (including phenoxy) is 1. The maximum Gasteiger partial charge on any atom is 0.120 e. The minimum absolute atomic E-state index is 0.502. The van der Waals surface area contributed by atoms with Gasteiger partial charge in [-0.2, -0.15) is 0 Å². The van der Waals surface area contributed by atoms with E-state index in [2.05, 4.69) is 46.9 Å². The summed E-state index contributed by atoms with van der Waals surface area (Å²) >= 11 is 2.34. The number of hydrogen-bond acceptors (Lipinski definition) is 1. The lowest BCUT2D eigenvalue weighted by Crippen LogP contribution is -2.23. The quantitative estimate of drug-likeness (QED) is 0.753. The van der Waals surface area contributed by atoms with Gasteiger partial charge in [-0.3, -0.25) is 0 Å². The first-order valence-corrected chi connectivity index (χ1v) is 6.81. The molecule has 0 heterocycles. The van der Waals surface area contributed by atoms with E-state index < -0.39 is 0 Å². The Morgan fingerprint density at radius 3 is 2.80 bits per heavy atom. The molecule has 2 bridgehead atoms. The van der Waals surface area contributed by atoms with Gasteiger partial charge in [0, 0.05) is 3.57 Å². The Morgan fingerprint density at radius 1 is 1.20 bits per heavy atom. The molecule has 1 aromatic rings. The van der Waals surface area contributed by atoms with Crippen molar-refractivity contribution in [3.8, 4) is 5.75 Å².